The molecule has 1 aromatic carbocycles. The average molecular weight is 223 g/mol. The molecule has 16 heavy (non-hydrogen) atoms. The Morgan fingerprint density at radius 2 is 2.25 bits per heavy atom. The van der Waals surface area contributed by atoms with Crippen molar-refractivity contribution < 1.29 is 14.3 Å². The van der Waals surface area contributed by atoms with Gasteiger partial charge >= 0.3 is 5.97 Å². The van der Waals surface area contributed by atoms with Gasteiger partial charge in [0.25, 0.3) is 0 Å². The molecule has 0 unspecified atom stereocenters. The van der Waals surface area contributed by atoms with Crippen LogP contribution in [-0.2, 0) is 4.79 Å². The van der Waals surface area contributed by atoms with E-state index >= 15 is 0 Å². The van der Waals surface area contributed by atoms with Crippen LogP contribution in [0.4, 0.5) is 10.1 Å². The minimum absolute atomic E-state index is 0.236. The first-order chi connectivity index (χ1) is 7.50. The molecule has 86 valence electrons. The van der Waals surface area contributed by atoms with Gasteiger partial charge < -0.3 is 10.4 Å². The van der Waals surface area contributed by atoms with Crippen LogP contribution in [0.1, 0.15) is 12.5 Å². The van der Waals surface area contributed by atoms with E-state index < -0.39 is 5.97 Å². The Hall–Kier alpha value is -1.84. The van der Waals surface area contributed by atoms with Gasteiger partial charge in [0.2, 0.25) is 0 Å². The number of rotatable bonds is 4. The zero-order chi connectivity index (χ0) is 12.1. The summed E-state index contributed by atoms with van der Waals surface area (Å²) in [7, 11) is 0. The second-order valence-electron chi connectivity index (χ2n) is 3.56. The summed E-state index contributed by atoms with van der Waals surface area (Å²) in [6, 6.07) is 4.85. The smallest absolute Gasteiger partial charge is 0.331 e. The van der Waals surface area contributed by atoms with E-state index in [0.717, 1.165) is 5.56 Å². The molecule has 0 spiro atoms. The summed E-state index contributed by atoms with van der Waals surface area (Å²) in [6.07, 6.45) is 1.50. The molecule has 2 N–H and O–H groups in total. The van der Waals surface area contributed by atoms with Crippen molar-refractivity contribution in [3.8, 4) is 0 Å². The maximum absolute atomic E-state index is 13.3. The van der Waals surface area contributed by atoms with Crippen molar-refractivity contribution >= 4 is 11.7 Å². The molecule has 1 aromatic rings. The molecule has 0 radical (unpaired) electrons. The molecule has 0 aromatic heterocycles. The van der Waals surface area contributed by atoms with Gasteiger partial charge in [0.15, 0.2) is 0 Å². The van der Waals surface area contributed by atoms with E-state index in [9.17, 15) is 9.18 Å². The first-order valence-corrected chi connectivity index (χ1v) is 4.91. The first kappa shape index (κ1) is 12.2. The zero-order valence-corrected chi connectivity index (χ0v) is 9.25. The Labute approximate surface area is 93.6 Å². The van der Waals surface area contributed by atoms with E-state index in [1.165, 1.54) is 19.1 Å². The third kappa shape index (κ3) is 3.38. The number of halogens is 1. The largest absolute Gasteiger partial charge is 0.478 e. The maximum Gasteiger partial charge on any atom is 0.331 e. The van der Waals surface area contributed by atoms with Crippen LogP contribution in [0.3, 0.4) is 0 Å². The van der Waals surface area contributed by atoms with Crippen LogP contribution in [0.5, 0.6) is 0 Å². The summed E-state index contributed by atoms with van der Waals surface area (Å²) < 4.78 is 13.3. The lowest BCUT2D eigenvalue weighted by atomic mass is 10.2. The SMILES string of the molecule is C/C(=C/CNc1ccc(C)cc1F)C(=O)O. The monoisotopic (exact) mass is 223 g/mol. The number of carbonyl (C=O) groups is 1. The highest BCUT2D eigenvalue weighted by molar-refractivity contribution is 5.85. The van der Waals surface area contributed by atoms with Crippen LogP contribution in [0.25, 0.3) is 0 Å². The van der Waals surface area contributed by atoms with Gasteiger partial charge in [-0.3, -0.25) is 0 Å². The van der Waals surface area contributed by atoms with Gasteiger partial charge in [0.1, 0.15) is 5.82 Å². The standard InChI is InChI=1S/C12H14FNO2/c1-8-3-4-11(10(13)7-8)14-6-5-9(2)12(15)16/h3-5,7,14H,6H2,1-2H3,(H,15,16)/b9-5-. The van der Waals surface area contributed by atoms with Gasteiger partial charge in [-0.1, -0.05) is 12.1 Å². The van der Waals surface area contributed by atoms with Gasteiger partial charge in [-0.05, 0) is 31.5 Å². The van der Waals surface area contributed by atoms with Crippen molar-refractivity contribution in [1.82, 2.24) is 0 Å². The van der Waals surface area contributed by atoms with Gasteiger partial charge in [0, 0.05) is 12.1 Å². The van der Waals surface area contributed by atoms with Gasteiger partial charge in [-0.2, -0.15) is 0 Å². The highest BCUT2D eigenvalue weighted by atomic mass is 19.1. The van der Waals surface area contributed by atoms with E-state index in [1.54, 1.807) is 19.1 Å². The highest BCUT2D eigenvalue weighted by Crippen LogP contribution is 2.14. The van der Waals surface area contributed by atoms with Crippen molar-refractivity contribution in [2.24, 2.45) is 0 Å². The van der Waals surface area contributed by atoms with Gasteiger partial charge in [-0.15, -0.1) is 0 Å². The molecule has 4 heteroatoms. The van der Waals surface area contributed by atoms with Gasteiger partial charge in [0.05, 0.1) is 5.69 Å². The van der Waals surface area contributed by atoms with Crippen molar-refractivity contribution in [1.29, 1.82) is 0 Å². The second-order valence-corrected chi connectivity index (χ2v) is 3.56. The molecule has 3 nitrogen and oxygen atoms in total. The summed E-state index contributed by atoms with van der Waals surface area (Å²) in [5.74, 6) is -1.30. The third-order valence-electron chi connectivity index (χ3n) is 2.16. The molecule has 0 aliphatic carbocycles. The van der Waals surface area contributed by atoms with E-state index in [4.69, 9.17) is 5.11 Å². The van der Waals surface area contributed by atoms with Gasteiger partial charge in [-0.25, -0.2) is 9.18 Å². The van der Waals surface area contributed by atoms with Crippen LogP contribution in [-0.4, -0.2) is 17.6 Å². The molecule has 0 fully saturated rings. The van der Waals surface area contributed by atoms with Crippen LogP contribution in [0, 0.1) is 12.7 Å². The number of carboxylic acid groups (broad SMARTS) is 1. The minimum Gasteiger partial charge on any atom is -0.478 e. The summed E-state index contributed by atoms with van der Waals surface area (Å²) in [5.41, 5.74) is 1.46. The topological polar surface area (TPSA) is 49.3 Å². The number of hydrogen-bond acceptors (Lipinski definition) is 2. The lowest BCUT2D eigenvalue weighted by Gasteiger charge is -2.05. The van der Waals surface area contributed by atoms with Crippen molar-refractivity contribution in [2.75, 3.05) is 11.9 Å². The van der Waals surface area contributed by atoms with E-state index in [-0.39, 0.29) is 17.9 Å². The molecule has 0 aliphatic rings. The quantitative estimate of drug-likeness (QED) is 0.771. The Morgan fingerprint density at radius 3 is 2.81 bits per heavy atom. The van der Waals surface area contributed by atoms with Crippen molar-refractivity contribution in [3.63, 3.8) is 0 Å². The first-order valence-electron chi connectivity index (χ1n) is 4.91. The normalized spacial score (nSPS) is 11.3. The summed E-state index contributed by atoms with van der Waals surface area (Å²) in [4.78, 5) is 10.5. The van der Waals surface area contributed by atoms with E-state index in [0.29, 0.717) is 5.69 Å². The van der Waals surface area contributed by atoms with Crippen LogP contribution < -0.4 is 5.32 Å². The van der Waals surface area contributed by atoms with Crippen LogP contribution >= 0.6 is 0 Å². The molecule has 0 heterocycles. The fourth-order valence-electron chi connectivity index (χ4n) is 1.16. The Morgan fingerprint density at radius 1 is 1.56 bits per heavy atom. The Bertz CT molecular complexity index is 427. The van der Waals surface area contributed by atoms with Crippen LogP contribution in [0.15, 0.2) is 29.8 Å². The number of benzene rings is 1. The van der Waals surface area contributed by atoms with Crippen molar-refractivity contribution in [2.45, 2.75) is 13.8 Å². The molecule has 0 saturated heterocycles. The molecule has 1 rings (SSSR count). The fraction of sp³-hybridized carbons (Fsp3) is 0.250. The predicted octanol–water partition coefficient (Wildman–Crippen LogP) is 2.58. The number of aliphatic carboxylic acids is 1. The summed E-state index contributed by atoms with van der Waals surface area (Å²) >= 11 is 0. The molecule has 0 atom stereocenters. The number of carboxylic acids is 1. The Kier molecular flexibility index (Phi) is 4.05. The molecule has 0 bridgehead atoms. The van der Waals surface area contributed by atoms with Crippen molar-refractivity contribution in [3.05, 3.63) is 41.2 Å². The highest BCUT2D eigenvalue weighted by Gasteiger charge is 2.01. The lowest BCUT2D eigenvalue weighted by Crippen LogP contribution is -2.04. The Balaban J connectivity index is 2.62. The second kappa shape index (κ2) is 5.30. The molecule has 0 saturated carbocycles. The molecular formula is C12H14FNO2. The predicted molar refractivity (Wildman–Crippen MR) is 61.0 cm³/mol. The lowest BCUT2D eigenvalue weighted by molar-refractivity contribution is -0.132. The average Bonchev–Trinajstić information content (AvgIpc) is 2.20. The number of hydrogen-bond donors (Lipinski definition) is 2. The summed E-state index contributed by atoms with van der Waals surface area (Å²) in [5, 5.41) is 11.4. The molecular weight excluding hydrogens is 209 g/mol. The minimum atomic E-state index is -0.967. The maximum atomic E-state index is 13.3. The molecule has 0 aliphatic heterocycles. The number of anilines is 1. The molecule has 0 amide bonds. The third-order valence-corrected chi connectivity index (χ3v) is 2.16. The number of aryl methyl sites for hydroxylation is 1. The number of nitrogens with one attached hydrogen (secondary N) is 1. The zero-order valence-electron chi connectivity index (χ0n) is 9.25. The van der Waals surface area contributed by atoms with E-state index in [1.807, 2.05) is 0 Å². The van der Waals surface area contributed by atoms with Crippen LogP contribution in [0.2, 0.25) is 0 Å². The van der Waals surface area contributed by atoms with E-state index in [2.05, 4.69) is 5.32 Å². The fourth-order valence-corrected chi connectivity index (χ4v) is 1.16. The summed E-state index contributed by atoms with van der Waals surface area (Å²) in [6.45, 7) is 3.59.